The summed E-state index contributed by atoms with van der Waals surface area (Å²) in [5.41, 5.74) is 18.1. The van der Waals surface area contributed by atoms with Crippen molar-refractivity contribution in [2.24, 2.45) is 0 Å². The Balaban J connectivity index is 0.00000396. The van der Waals surface area contributed by atoms with E-state index < -0.39 is 0 Å². The summed E-state index contributed by atoms with van der Waals surface area (Å²) >= 11 is 0. The van der Waals surface area contributed by atoms with Gasteiger partial charge in [-0.15, -0.1) is 48.1 Å². The first kappa shape index (κ1) is 58.5. The number of pyridine rings is 1. The van der Waals surface area contributed by atoms with Gasteiger partial charge in [0.15, 0.2) is 0 Å². The van der Waals surface area contributed by atoms with E-state index >= 15 is 0 Å². The van der Waals surface area contributed by atoms with Crippen LogP contribution in [0.5, 0.6) is 11.5 Å². The first-order valence-electron chi connectivity index (χ1n) is 28.2. The first-order valence-corrected chi connectivity index (χ1v) is 28.2. The first-order chi connectivity index (χ1) is 37.6. The van der Waals surface area contributed by atoms with Gasteiger partial charge >= 0.3 is 21.1 Å². The predicted octanol–water partition coefficient (Wildman–Crippen LogP) is 20.6. The third kappa shape index (κ3) is 11.0. The minimum absolute atomic E-state index is 0. The van der Waals surface area contributed by atoms with Crippen molar-refractivity contribution in [2.75, 3.05) is 9.80 Å². The Morgan fingerprint density at radius 2 is 1.06 bits per heavy atom. The summed E-state index contributed by atoms with van der Waals surface area (Å²) < 4.78 is 9.14. The van der Waals surface area contributed by atoms with E-state index in [1.54, 1.807) is 0 Å². The molecule has 0 atom stereocenters. The van der Waals surface area contributed by atoms with Crippen LogP contribution < -0.4 is 14.5 Å². The second kappa shape index (κ2) is 22.3. The number of anilines is 4. The molecule has 0 radical (unpaired) electrons. The van der Waals surface area contributed by atoms with Gasteiger partial charge in [-0.3, -0.25) is 0 Å². The molecule has 0 aliphatic carbocycles. The van der Waals surface area contributed by atoms with Gasteiger partial charge in [-0.05, 0) is 126 Å². The molecular weight excluding hydrogens is 1170 g/mol. The van der Waals surface area contributed by atoms with Crippen molar-refractivity contribution in [3.05, 3.63) is 253 Å². The fourth-order valence-corrected chi connectivity index (χ4v) is 11.6. The third-order valence-electron chi connectivity index (χ3n) is 16.6. The van der Waals surface area contributed by atoms with E-state index in [0.29, 0.717) is 23.3 Å². The second-order valence-corrected chi connectivity index (χ2v) is 25.5. The van der Waals surface area contributed by atoms with Gasteiger partial charge in [0.25, 0.3) is 0 Å². The second-order valence-electron chi connectivity index (χ2n) is 25.5. The minimum Gasteiger partial charge on any atom is -0.509 e. The average Bonchev–Trinajstić information content (AvgIpc) is 4.13. The van der Waals surface area contributed by atoms with Crippen molar-refractivity contribution < 1.29 is 25.8 Å². The average molecular weight is 1250 g/mol. The molecule has 10 aromatic rings. The molecule has 0 saturated carbocycles. The molecule has 0 fully saturated rings. The molecule has 6 heteroatoms. The molecule has 0 unspecified atom stereocenters. The number of hydrogen-bond donors (Lipinski definition) is 0. The van der Waals surface area contributed by atoms with Crippen LogP contribution in [0, 0.1) is 26.2 Å². The standard InChI is InChI=1S/C74H75N4O.CH3.Pt/c1-48(2)61-29-22-30-62(49(3)4)70(61)50-31-35-66-68(39-50)76(47-77(66)58-41-55(73(11,12)51-23-17-15-18-24-51)40-56(42-58)74(13,14)52-25-19-16-20-26-52)57-27-21-28-59(45-57)79-60-33-34-63-64-43-53(71(5,6)7)32-36-65(64)78(67(63)46-60)69-44-54(37-38-75-69)72(8,9)10;;/h15-44,47-49H,1-14H3;1H3;/q-3;-1;+4. The molecule has 1 aliphatic rings. The molecule has 8 aromatic carbocycles. The smallest absolute Gasteiger partial charge is 0.509 e. The van der Waals surface area contributed by atoms with E-state index in [1.807, 2.05) is 18.3 Å². The fraction of sp³-hybridized carbons (Fsp3) is 0.267. The number of hydrogen-bond acceptors (Lipinski definition) is 4. The number of rotatable bonds is 12. The monoisotopic (exact) mass is 1250 g/mol. The SMILES string of the molecule is CC(C)c1cccc(C(C)C)c1-c1ccc2c(c1)N(c1[c-]c(Oc3[c-]c4c(cc3)c3cc(C(C)(C)C)ccc3n4-c3cc(C(C)(C)C)ccn3)ccc1)[CH-]N2c1cc(C(C)(C)c2ccccc2)cc(C(C)(C)c2ccccc2)c1.[CH3-].[Pt+4]. The fourth-order valence-electron chi connectivity index (χ4n) is 11.6. The zero-order valence-corrected chi connectivity index (χ0v) is 52.3. The third-order valence-corrected chi connectivity index (χ3v) is 16.6. The zero-order valence-electron chi connectivity index (χ0n) is 50.1. The van der Waals surface area contributed by atoms with Gasteiger partial charge in [0.2, 0.25) is 0 Å². The Morgan fingerprint density at radius 1 is 0.481 bits per heavy atom. The van der Waals surface area contributed by atoms with Crippen molar-refractivity contribution in [3.8, 4) is 28.4 Å². The molecule has 1 aliphatic heterocycles. The van der Waals surface area contributed by atoms with Crippen molar-refractivity contribution in [2.45, 2.75) is 130 Å². The number of aromatic nitrogens is 2. The molecule has 414 valence electrons. The Labute approximate surface area is 498 Å². The molecule has 3 heterocycles. The van der Waals surface area contributed by atoms with Gasteiger partial charge in [-0.1, -0.05) is 206 Å². The molecule has 0 spiro atoms. The summed E-state index contributed by atoms with van der Waals surface area (Å²) in [5.74, 6) is 2.73. The molecule has 2 aromatic heterocycles. The van der Waals surface area contributed by atoms with Gasteiger partial charge in [-0.25, -0.2) is 4.98 Å². The topological polar surface area (TPSA) is 33.5 Å². The summed E-state index contributed by atoms with van der Waals surface area (Å²) in [4.78, 5) is 9.65. The summed E-state index contributed by atoms with van der Waals surface area (Å²) in [5, 5.41) is 2.26. The van der Waals surface area contributed by atoms with E-state index in [4.69, 9.17) is 9.72 Å². The predicted molar refractivity (Wildman–Crippen MR) is 339 cm³/mol. The maximum atomic E-state index is 6.90. The number of fused-ring (bicyclic) bond motifs is 4. The molecule has 0 amide bonds. The van der Waals surface area contributed by atoms with Crippen LogP contribution in [0.2, 0.25) is 0 Å². The maximum absolute atomic E-state index is 6.90. The molecule has 0 saturated heterocycles. The van der Waals surface area contributed by atoms with Crippen LogP contribution in [0.1, 0.15) is 153 Å². The maximum Gasteiger partial charge on any atom is 4.00 e. The van der Waals surface area contributed by atoms with Crippen LogP contribution in [0.3, 0.4) is 0 Å². The van der Waals surface area contributed by atoms with Crippen LogP contribution in [0.25, 0.3) is 38.8 Å². The molecule has 0 bridgehead atoms. The minimum atomic E-state index is -0.297. The van der Waals surface area contributed by atoms with Gasteiger partial charge in [0, 0.05) is 51.1 Å². The van der Waals surface area contributed by atoms with Gasteiger partial charge in [0.1, 0.15) is 5.82 Å². The van der Waals surface area contributed by atoms with Crippen LogP contribution >= 0.6 is 0 Å². The van der Waals surface area contributed by atoms with Crippen molar-refractivity contribution in [3.63, 3.8) is 0 Å². The van der Waals surface area contributed by atoms with E-state index in [1.165, 1.54) is 55.6 Å². The number of nitrogens with zero attached hydrogens (tertiary/aromatic N) is 4. The van der Waals surface area contributed by atoms with Crippen molar-refractivity contribution in [1.82, 2.24) is 9.55 Å². The van der Waals surface area contributed by atoms with Crippen molar-refractivity contribution in [1.29, 1.82) is 0 Å². The van der Waals surface area contributed by atoms with Crippen LogP contribution in [0.4, 0.5) is 22.7 Å². The van der Waals surface area contributed by atoms with E-state index in [9.17, 15) is 0 Å². The number of benzene rings is 8. The normalized spacial score (nSPS) is 13.0. The summed E-state index contributed by atoms with van der Waals surface area (Å²) in [6.07, 6.45) is 1.93. The van der Waals surface area contributed by atoms with Crippen LogP contribution in [-0.2, 0) is 42.7 Å². The van der Waals surface area contributed by atoms with E-state index in [2.05, 4.69) is 294 Å². The largest absolute Gasteiger partial charge is 4.00 e. The Bertz CT molecular complexity index is 3800. The Kier molecular flexibility index (Phi) is 16.1. The molecule has 11 rings (SSSR count). The van der Waals surface area contributed by atoms with Crippen molar-refractivity contribution >= 4 is 44.6 Å². The van der Waals surface area contributed by atoms with Gasteiger partial charge < -0.3 is 26.5 Å². The molecule has 81 heavy (non-hydrogen) atoms. The zero-order chi connectivity index (χ0) is 55.8. The van der Waals surface area contributed by atoms with Crippen LogP contribution in [-0.4, -0.2) is 9.55 Å². The van der Waals surface area contributed by atoms with E-state index in [0.717, 1.165) is 50.4 Å². The molecule has 5 nitrogen and oxygen atoms in total. The quantitative estimate of drug-likeness (QED) is 0.114. The summed E-state index contributed by atoms with van der Waals surface area (Å²) in [6, 6.07) is 72.0. The molecule has 0 N–H and O–H groups in total. The summed E-state index contributed by atoms with van der Waals surface area (Å²) in [7, 11) is 0. The summed E-state index contributed by atoms with van der Waals surface area (Å²) in [6.45, 7) is 34.4. The van der Waals surface area contributed by atoms with Gasteiger partial charge in [0.05, 0.1) is 0 Å². The Hall–Kier alpha value is -7.20. The van der Waals surface area contributed by atoms with E-state index in [-0.39, 0.29) is 50.2 Å². The Morgan fingerprint density at radius 3 is 1.65 bits per heavy atom. The van der Waals surface area contributed by atoms with Crippen LogP contribution in [0.15, 0.2) is 182 Å². The molecular formula is C75H78N4OPt. The number of ether oxygens (including phenoxy) is 1. The van der Waals surface area contributed by atoms with Gasteiger partial charge in [-0.2, -0.15) is 12.1 Å².